The van der Waals surface area contributed by atoms with Gasteiger partial charge in [0.2, 0.25) is 21.8 Å². The summed E-state index contributed by atoms with van der Waals surface area (Å²) in [5.74, 6) is -0.882. The Labute approximate surface area is 199 Å². The average molecular weight is 500 g/mol. The summed E-state index contributed by atoms with van der Waals surface area (Å²) in [5, 5.41) is 2.89. The van der Waals surface area contributed by atoms with Crippen molar-refractivity contribution >= 4 is 50.7 Å². The van der Waals surface area contributed by atoms with Gasteiger partial charge in [-0.3, -0.25) is 13.9 Å². The van der Waals surface area contributed by atoms with Gasteiger partial charge in [0.25, 0.3) is 0 Å². The normalized spacial score (nSPS) is 12.2. The number of hydrogen-bond acceptors (Lipinski definition) is 4. The molecule has 32 heavy (non-hydrogen) atoms. The van der Waals surface area contributed by atoms with E-state index in [1.807, 2.05) is 31.2 Å². The largest absolute Gasteiger partial charge is 0.355 e. The highest BCUT2D eigenvalue weighted by Gasteiger charge is 2.30. The number of nitrogens with zero attached hydrogens (tertiary/aromatic N) is 2. The summed E-state index contributed by atoms with van der Waals surface area (Å²) < 4.78 is 26.0. The molecule has 0 saturated heterocycles. The van der Waals surface area contributed by atoms with E-state index < -0.39 is 28.5 Å². The molecule has 1 atom stereocenters. The van der Waals surface area contributed by atoms with Crippen molar-refractivity contribution in [2.45, 2.75) is 33.4 Å². The monoisotopic (exact) mass is 499 g/mol. The third-order valence-electron chi connectivity index (χ3n) is 4.83. The van der Waals surface area contributed by atoms with E-state index in [0.29, 0.717) is 6.54 Å². The standard InChI is InChI=1S/C22H27Cl2N3O4S/c1-5-25-22(29)16(3)26(13-17-9-6-8-15(2)12-17)20(28)14-27(32(4,30)31)19-11-7-10-18(23)21(19)24/h6-12,16H,5,13-14H2,1-4H3,(H,25,29)/t16-/m0/s1. The lowest BCUT2D eigenvalue weighted by molar-refractivity contribution is -0.139. The quantitative estimate of drug-likeness (QED) is 0.570. The van der Waals surface area contributed by atoms with E-state index in [9.17, 15) is 18.0 Å². The lowest BCUT2D eigenvalue weighted by atomic mass is 10.1. The van der Waals surface area contributed by atoms with Crippen LogP contribution in [0.25, 0.3) is 0 Å². The van der Waals surface area contributed by atoms with Crippen molar-refractivity contribution in [2.24, 2.45) is 0 Å². The van der Waals surface area contributed by atoms with Crippen LogP contribution in [0.5, 0.6) is 0 Å². The van der Waals surface area contributed by atoms with Gasteiger partial charge in [-0.05, 0) is 38.5 Å². The smallest absolute Gasteiger partial charge is 0.244 e. The first-order valence-electron chi connectivity index (χ1n) is 10.00. The maximum Gasteiger partial charge on any atom is 0.244 e. The van der Waals surface area contributed by atoms with Gasteiger partial charge < -0.3 is 10.2 Å². The number of hydrogen-bond donors (Lipinski definition) is 1. The fourth-order valence-electron chi connectivity index (χ4n) is 3.19. The molecule has 0 bridgehead atoms. The Bertz CT molecular complexity index is 1090. The van der Waals surface area contributed by atoms with Crippen molar-refractivity contribution in [1.29, 1.82) is 0 Å². The van der Waals surface area contributed by atoms with Crippen LogP contribution in [0.2, 0.25) is 10.0 Å². The van der Waals surface area contributed by atoms with Crippen LogP contribution in [0, 0.1) is 6.92 Å². The van der Waals surface area contributed by atoms with Crippen LogP contribution in [-0.4, -0.2) is 50.5 Å². The van der Waals surface area contributed by atoms with E-state index in [0.717, 1.165) is 21.7 Å². The Morgan fingerprint density at radius 2 is 1.78 bits per heavy atom. The SMILES string of the molecule is CCNC(=O)[C@H](C)N(Cc1cccc(C)c1)C(=O)CN(c1cccc(Cl)c1Cl)S(C)(=O)=O. The number of halogens is 2. The summed E-state index contributed by atoms with van der Waals surface area (Å²) in [4.78, 5) is 27.3. The van der Waals surface area contributed by atoms with Crippen LogP contribution in [0.1, 0.15) is 25.0 Å². The van der Waals surface area contributed by atoms with E-state index in [1.165, 1.54) is 17.0 Å². The number of aryl methyl sites for hydroxylation is 1. The Morgan fingerprint density at radius 3 is 2.38 bits per heavy atom. The maximum atomic E-state index is 13.4. The zero-order valence-electron chi connectivity index (χ0n) is 18.4. The van der Waals surface area contributed by atoms with Crippen molar-refractivity contribution in [1.82, 2.24) is 10.2 Å². The fraction of sp³-hybridized carbons (Fsp3) is 0.364. The van der Waals surface area contributed by atoms with E-state index in [2.05, 4.69) is 5.32 Å². The van der Waals surface area contributed by atoms with Gasteiger partial charge in [-0.2, -0.15) is 0 Å². The number of amides is 2. The average Bonchev–Trinajstić information content (AvgIpc) is 2.71. The van der Waals surface area contributed by atoms with Gasteiger partial charge in [-0.15, -0.1) is 0 Å². The topological polar surface area (TPSA) is 86.8 Å². The van der Waals surface area contributed by atoms with E-state index >= 15 is 0 Å². The van der Waals surface area contributed by atoms with Crippen LogP contribution >= 0.6 is 23.2 Å². The van der Waals surface area contributed by atoms with Crippen LogP contribution in [0.3, 0.4) is 0 Å². The minimum atomic E-state index is -3.88. The molecular formula is C22H27Cl2N3O4S. The zero-order chi connectivity index (χ0) is 24.1. The van der Waals surface area contributed by atoms with Gasteiger partial charge in [-0.1, -0.05) is 59.1 Å². The molecule has 0 heterocycles. The Kier molecular flexibility index (Phi) is 8.95. The second kappa shape index (κ2) is 11.0. The number of sulfonamides is 1. The predicted molar refractivity (Wildman–Crippen MR) is 129 cm³/mol. The molecule has 0 radical (unpaired) electrons. The summed E-state index contributed by atoms with van der Waals surface area (Å²) in [6.45, 7) is 5.33. The molecule has 2 aromatic carbocycles. The lowest BCUT2D eigenvalue weighted by Crippen LogP contribution is -2.51. The molecule has 0 spiro atoms. The number of benzene rings is 2. The molecule has 0 aliphatic heterocycles. The summed E-state index contributed by atoms with van der Waals surface area (Å²) in [7, 11) is -3.88. The van der Waals surface area contributed by atoms with Crippen LogP contribution < -0.4 is 9.62 Å². The number of nitrogens with one attached hydrogen (secondary N) is 1. The fourth-order valence-corrected chi connectivity index (χ4v) is 4.49. The summed E-state index contributed by atoms with van der Waals surface area (Å²) in [6, 6.07) is 11.3. The van der Waals surface area contributed by atoms with Crippen molar-refractivity contribution in [2.75, 3.05) is 23.7 Å². The molecule has 0 saturated carbocycles. The molecule has 0 unspecified atom stereocenters. The molecular weight excluding hydrogens is 473 g/mol. The van der Waals surface area contributed by atoms with Crippen LogP contribution in [0.4, 0.5) is 5.69 Å². The van der Waals surface area contributed by atoms with Gasteiger partial charge in [0.1, 0.15) is 12.6 Å². The molecule has 0 fully saturated rings. The number of carbonyl (C=O) groups excluding carboxylic acids is 2. The molecule has 0 aromatic heterocycles. The van der Waals surface area contributed by atoms with Gasteiger partial charge in [0.15, 0.2) is 0 Å². The first-order chi connectivity index (χ1) is 15.0. The van der Waals surface area contributed by atoms with Crippen LogP contribution in [-0.2, 0) is 26.2 Å². The summed E-state index contributed by atoms with van der Waals surface area (Å²) in [6.07, 6.45) is 0.982. The van der Waals surface area contributed by atoms with Crippen molar-refractivity contribution in [3.05, 3.63) is 63.6 Å². The molecule has 0 aliphatic carbocycles. The van der Waals surface area contributed by atoms with E-state index in [4.69, 9.17) is 23.2 Å². The van der Waals surface area contributed by atoms with Crippen molar-refractivity contribution < 1.29 is 18.0 Å². The molecule has 2 aromatic rings. The Balaban J connectivity index is 2.43. The number of rotatable bonds is 9. The summed E-state index contributed by atoms with van der Waals surface area (Å²) in [5.41, 5.74) is 1.92. The highest BCUT2D eigenvalue weighted by Crippen LogP contribution is 2.33. The van der Waals surface area contributed by atoms with Gasteiger partial charge in [-0.25, -0.2) is 8.42 Å². The third-order valence-corrected chi connectivity index (χ3v) is 6.77. The van der Waals surface area contributed by atoms with Gasteiger partial charge >= 0.3 is 0 Å². The molecule has 1 N–H and O–H groups in total. The molecule has 7 nitrogen and oxygen atoms in total. The zero-order valence-corrected chi connectivity index (χ0v) is 20.8. The number of anilines is 1. The van der Waals surface area contributed by atoms with Gasteiger partial charge in [0.05, 0.1) is 22.0 Å². The first kappa shape index (κ1) is 26.0. The number of likely N-dealkylation sites (N-methyl/N-ethyl adjacent to an activating group) is 1. The van der Waals surface area contributed by atoms with E-state index in [1.54, 1.807) is 19.9 Å². The Morgan fingerprint density at radius 1 is 1.12 bits per heavy atom. The maximum absolute atomic E-state index is 13.4. The highest BCUT2D eigenvalue weighted by molar-refractivity contribution is 7.92. The summed E-state index contributed by atoms with van der Waals surface area (Å²) >= 11 is 12.3. The van der Waals surface area contributed by atoms with Crippen molar-refractivity contribution in [3.8, 4) is 0 Å². The third kappa shape index (κ3) is 6.60. The molecule has 2 amide bonds. The van der Waals surface area contributed by atoms with Gasteiger partial charge in [0, 0.05) is 13.1 Å². The minimum Gasteiger partial charge on any atom is -0.355 e. The highest BCUT2D eigenvalue weighted by atomic mass is 35.5. The predicted octanol–water partition coefficient (Wildman–Crippen LogP) is 3.62. The van der Waals surface area contributed by atoms with E-state index in [-0.39, 0.29) is 28.2 Å². The van der Waals surface area contributed by atoms with Crippen molar-refractivity contribution in [3.63, 3.8) is 0 Å². The first-order valence-corrected chi connectivity index (χ1v) is 12.6. The minimum absolute atomic E-state index is 0.0226. The lowest BCUT2D eigenvalue weighted by Gasteiger charge is -2.31. The molecule has 0 aliphatic rings. The second-order valence-corrected chi connectivity index (χ2v) is 10.1. The second-order valence-electron chi connectivity index (χ2n) is 7.42. The number of carbonyl (C=O) groups is 2. The van der Waals surface area contributed by atoms with Crippen LogP contribution in [0.15, 0.2) is 42.5 Å². The molecule has 2 rings (SSSR count). The Hall–Kier alpha value is -2.29. The molecule has 10 heteroatoms. The molecule has 174 valence electrons.